The molecule has 0 saturated carbocycles. The number of carbonyl (C=O) groups excluding carboxylic acids is 1. The summed E-state index contributed by atoms with van der Waals surface area (Å²) >= 11 is 3.43. The van der Waals surface area contributed by atoms with E-state index >= 15 is 0 Å². The molecule has 0 radical (unpaired) electrons. The zero-order chi connectivity index (χ0) is 20.4. The molecule has 2 aromatic carbocycles. The maximum absolute atomic E-state index is 14.3. The second-order valence-corrected chi connectivity index (χ2v) is 7.97. The molecule has 2 heterocycles. The van der Waals surface area contributed by atoms with Gasteiger partial charge < -0.3 is 14.5 Å². The SMILES string of the molecule is Cc1ccc(N=c2oc3ccc(Br)cc3cc2C(=O)NC[C@@H]2CCCO2)c(F)c1. The van der Waals surface area contributed by atoms with Gasteiger partial charge in [0, 0.05) is 23.0 Å². The zero-order valence-corrected chi connectivity index (χ0v) is 17.5. The van der Waals surface area contributed by atoms with E-state index < -0.39 is 5.82 Å². The number of ether oxygens (including phenoxy) is 1. The fourth-order valence-electron chi connectivity index (χ4n) is 3.27. The van der Waals surface area contributed by atoms with Crippen LogP contribution in [-0.4, -0.2) is 25.2 Å². The summed E-state index contributed by atoms with van der Waals surface area (Å²) in [5, 5.41) is 3.62. The first kappa shape index (κ1) is 19.8. The summed E-state index contributed by atoms with van der Waals surface area (Å²) in [4.78, 5) is 17.2. The average Bonchev–Trinajstić information content (AvgIpc) is 3.21. The van der Waals surface area contributed by atoms with Gasteiger partial charge in [0.05, 0.1) is 6.10 Å². The lowest BCUT2D eigenvalue weighted by Crippen LogP contribution is -2.34. The van der Waals surface area contributed by atoms with Crippen LogP contribution in [0.4, 0.5) is 10.1 Å². The van der Waals surface area contributed by atoms with Crippen LogP contribution in [-0.2, 0) is 4.74 Å². The van der Waals surface area contributed by atoms with E-state index in [0.717, 1.165) is 28.3 Å². The van der Waals surface area contributed by atoms with Gasteiger partial charge in [0.1, 0.15) is 22.7 Å². The Morgan fingerprint density at radius 3 is 2.90 bits per heavy atom. The molecule has 0 unspecified atom stereocenters. The first-order valence-corrected chi connectivity index (χ1v) is 10.2. The number of nitrogens with one attached hydrogen (secondary N) is 1. The molecule has 0 spiro atoms. The highest BCUT2D eigenvalue weighted by molar-refractivity contribution is 9.10. The van der Waals surface area contributed by atoms with Crippen molar-refractivity contribution in [3.8, 4) is 0 Å². The van der Waals surface area contributed by atoms with Gasteiger partial charge in [-0.15, -0.1) is 0 Å². The number of rotatable bonds is 4. The number of nitrogens with zero attached hydrogens (tertiary/aromatic N) is 1. The second-order valence-electron chi connectivity index (χ2n) is 7.06. The van der Waals surface area contributed by atoms with Gasteiger partial charge in [0.15, 0.2) is 0 Å². The highest BCUT2D eigenvalue weighted by atomic mass is 79.9. The van der Waals surface area contributed by atoms with Crippen LogP contribution in [0.3, 0.4) is 0 Å². The van der Waals surface area contributed by atoms with Crippen molar-refractivity contribution in [2.45, 2.75) is 25.9 Å². The Hall–Kier alpha value is -2.51. The van der Waals surface area contributed by atoms with Crippen molar-refractivity contribution in [1.82, 2.24) is 5.32 Å². The molecule has 4 rings (SSSR count). The number of fused-ring (bicyclic) bond motifs is 1. The standard InChI is InChI=1S/C22H20BrFN2O3/c1-13-4-6-19(18(24)9-13)26-22-17(21(27)25-12-16-3-2-8-28-16)11-14-10-15(23)5-7-20(14)29-22/h4-7,9-11,16H,2-3,8,12H2,1H3,(H,25,27)/t16-/m0/s1. The molecule has 0 bridgehead atoms. The molecule has 1 saturated heterocycles. The predicted octanol–water partition coefficient (Wildman–Crippen LogP) is 4.78. The van der Waals surface area contributed by atoms with Gasteiger partial charge in [-0.05, 0) is 61.7 Å². The Labute approximate surface area is 175 Å². The number of benzene rings is 2. The van der Waals surface area contributed by atoms with Crippen molar-refractivity contribution in [2.75, 3.05) is 13.2 Å². The molecule has 150 valence electrons. The normalized spacial score (nSPS) is 17.1. The topological polar surface area (TPSA) is 63.8 Å². The van der Waals surface area contributed by atoms with Crippen LogP contribution in [0.15, 0.2) is 56.3 Å². The fraction of sp³-hybridized carbons (Fsp3) is 0.273. The minimum Gasteiger partial charge on any atom is -0.438 e. The molecule has 3 aromatic rings. The maximum atomic E-state index is 14.3. The highest BCUT2D eigenvalue weighted by Crippen LogP contribution is 2.22. The number of amides is 1. The molecule has 1 aliphatic rings. The lowest BCUT2D eigenvalue weighted by Gasteiger charge is -2.11. The van der Waals surface area contributed by atoms with E-state index in [0.29, 0.717) is 18.7 Å². The summed E-state index contributed by atoms with van der Waals surface area (Å²) in [6.07, 6.45) is 1.93. The van der Waals surface area contributed by atoms with Gasteiger partial charge in [0.2, 0.25) is 5.55 Å². The monoisotopic (exact) mass is 458 g/mol. The largest absolute Gasteiger partial charge is 0.438 e. The molecule has 7 heteroatoms. The Morgan fingerprint density at radius 1 is 1.28 bits per heavy atom. The first-order valence-electron chi connectivity index (χ1n) is 9.44. The molecular formula is C22H20BrFN2O3. The molecule has 1 aromatic heterocycles. The number of hydrogen-bond donors (Lipinski definition) is 1. The van der Waals surface area contributed by atoms with Gasteiger partial charge >= 0.3 is 0 Å². The van der Waals surface area contributed by atoms with E-state index in [1.54, 1.807) is 31.2 Å². The van der Waals surface area contributed by atoms with E-state index in [1.807, 2.05) is 12.1 Å². The lowest BCUT2D eigenvalue weighted by molar-refractivity contribution is 0.0854. The Kier molecular flexibility index (Phi) is 5.78. The summed E-state index contributed by atoms with van der Waals surface area (Å²) in [6.45, 7) is 2.93. The molecule has 1 aliphatic heterocycles. The highest BCUT2D eigenvalue weighted by Gasteiger charge is 2.19. The van der Waals surface area contributed by atoms with Crippen LogP contribution >= 0.6 is 15.9 Å². The van der Waals surface area contributed by atoms with Gasteiger partial charge in [-0.25, -0.2) is 9.38 Å². The Balaban J connectivity index is 1.78. The van der Waals surface area contributed by atoms with Crippen LogP contribution in [0.1, 0.15) is 28.8 Å². The van der Waals surface area contributed by atoms with Gasteiger partial charge in [0.25, 0.3) is 5.91 Å². The van der Waals surface area contributed by atoms with Crippen molar-refractivity contribution in [3.05, 3.63) is 69.4 Å². The molecule has 5 nitrogen and oxygen atoms in total. The summed E-state index contributed by atoms with van der Waals surface area (Å²) in [7, 11) is 0. The van der Waals surface area contributed by atoms with Crippen LogP contribution in [0, 0.1) is 12.7 Å². The third kappa shape index (κ3) is 4.57. The molecule has 1 atom stereocenters. The van der Waals surface area contributed by atoms with Crippen LogP contribution in [0.2, 0.25) is 0 Å². The van der Waals surface area contributed by atoms with Gasteiger partial charge in [-0.3, -0.25) is 4.79 Å². The number of aryl methyl sites for hydroxylation is 1. The Bertz CT molecular complexity index is 1140. The summed E-state index contributed by atoms with van der Waals surface area (Å²) < 4.78 is 26.6. The average molecular weight is 459 g/mol. The second kappa shape index (κ2) is 8.47. The van der Waals surface area contributed by atoms with E-state index in [4.69, 9.17) is 9.15 Å². The van der Waals surface area contributed by atoms with Crippen molar-refractivity contribution >= 4 is 38.5 Å². The maximum Gasteiger partial charge on any atom is 0.256 e. The molecule has 0 aliphatic carbocycles. The number of halogens is 2. The minimum atomic E-state index is -0.471. The summed E-state index contributed by atoms with van der Waals surface area (Å²) in [6, 6.07) is 11.9. The van der Waals surface area contributed by atoms with Crippen molar-refractivity contribution in [1.29, 1.82) is 0 Å². The molecule has 1 N–H and O–H groups in total. The Morgan fingerprint density at radius 2 is 2.14 bits per heavy atom. The minimum absolute atomic E-state index is 0.0143. The van der Waals surface area contributed by atoms with Gasteiger partial charge in [-0.1, -0.05) is 22.0 Å². The van der Waals surface area contributed by atoms with E-state index in [1.165, 1.54) is 6.07 Å². The van der Waals surface area contributed by atoms with Gasteiger partial charge in [-0.2, -0.15) is 0 Å². The number of carbonyl (C=O) groups is 1. The predicted molar refractivity (Wildman–Crippen MR) is 112 cm³/mol. The molecule has 29 heavy (non-hydrogen) atoms. The van der Waals surface area contributed by atoms with Crippen molar-refractivity contribution < 1.29 is 18.3 Å². The van der Waals surface area contributed by atoms with E-state index in [9.17, 15) is 9.18 Å². The van der Waals surface area contributed by atoms with Crippen LogP contribution in [0.5, 0.6) is 0 Å². The number of hydrogen-bond acceptors (Lipinski definition) is 4. The lowest BCUT2D eigenvalue weighted by atomic mass is 10.1. The van der Waals surface area contributed by atoms with E-state index in [2.05, 4.69) is 26.2 Å². The first-order chi connectivity index (χ1) is 14.0. The van der Waals surface area contributed by atoms with Crippen LogP contribution < -0.4 is 10.9 Å². The molecular weight excluding hydrogens is 439 g/mol. The van der Waals surface area contributed by atoms with Crippen molar-refractivity contribution in [2.24, 2.45) is 4.99 Å². The summed E-state index contributed by atoms with van der Waals surface area (Å²) in [5.41, 5.74) is 1.76. The quantitative estimate of drug-likeness (QED) is 0.611. The zero-order valence-electron chi connectivity index (χ0n) is 15.9. The van der Waals surface area contributed by atoms with Crippen molar-refractivity contribution in [3.63, 3.8) is 0 Å². The third-order valence-electron chi connectivity index (χ3n) is 4.79. The molecule has 1 fully saturated rings. The fourth-order valence-corrected chi connectivity index (χ4v) is 3.65. The van der Waals surface area contributed by atoms with E-state index in [-0.39, 0.29) is 28.8 Å². The summed E-state index contributed by atoms with van der Waals surface area (Å²) in [5.74, 6) is -0.806. The third-order valence-corrected chi connectivity index (χ3v) is 5.29. The van der Waals surface area contributed by atoms with Crippen LogP contribution in [0.25, 0.3) is 11.0 Å². The smallest absolute Gasteiger partial charge is 0.256 e. The molecule has 1 amide bonds.